The van der Waals surface area contributed by atoms with Gasteiger partial charge in [0.1, 0.15) is 0 Å². The Bertz CT molecular complexity index is 331. The summed E-state index contributed by atoms with van der Waals surface area (Å²) in [6, 6.07) is 9.70. The molecule has 0 aliphatic carbocycles. The molecule has 0 atom stereocenters. The first-order valence-corrected chi connectivity index (χ1v) is 4.56. The van der Waals surface area contributed by atoms with Crippen molar-refractivity contribution in [3.63, 3.8) is 0 Å². The Balaban J connectivity index is 2.15. The van der Waals surface area contributed by atoms with Crippen molar-refractivity contribution in [2.75, 3.05) is 0 Å². The Morgan fingerprint density at radius 3 is 2.67 bits per heavy atom. The van der Waals surface area contributed by atoms with Crippen LogP contribution in [-0.2, 0) is 0 Å². The maximum absolute atomic E-state index is 5.45. The molecule has 3 heteroatoms. The lowest BCUT2D eigenvalue weighted by Gasteiger charge is -1.92. The van der Waals surface area contributed by atoms with Gasteiger partial charge >= 0.3 is 0 Å². The Kier molecular flexibility index (Phi) is 2.05. The van der Waals surface area contributed by atoms with Gasteiger partial charge in [0.25, 0.3) is 5.51 Å². The molecule has 60 valence electrons. The number of thiazole rings is 1. The van der Waals surface area contributed by atoms with Gasteiger partial charge in [-0.15, -0.1) is 0 Å². The fourth-order valence-electron chi connectivity index (χ4n) is 0.880. The quantitative estimate of drug-likeness (QED) is 0.640. The summed E-state index contributed by atoms with van der Waals surface area (Å²) in [4.78, 5) is 5.45. The second-order valence-electron chi connectivity index (χ2n) is 2.29. The minimum atomic E-state index is 0.848. The van der Waals surface area contributed by atoms with Gasteiger partial charge in [-0.2, -0.15) is 0 Å². The van der Waals surface area contributed by atoms with E-state index in [4.69, 9.17) is 4.84 Å². The maximum Gasteiger partial charge on any atom is 0.277 e. The fraction of sp³-hybridized carbons (Fsp3) is 0. The van der Waals surface area contributed by atoms with Crippen LogP contribution in [0.2, 0.25) is 0 Å². The Morgan fingerprint density at radius 1 is 1.17 bits per heavy atom. The van der Waals surface area contributed by atoms with Crippen molar-refractivity contribution in [2.45, 2.75) is 0 Å². The summed E-state index contributed by atoms with van der Waals surface area (Å²) in [5.74, 6) is 0.848. The number of benzene rings is 1. The molecule has 1 heterocycles. The van der Waals surface area contributed by atoms with Crippen molar-refractivity contribution in [2.24, 2.45) is 0 Å². The van der Waals surface area contributed by atoms with Crippen molar-refractivity contribution >= 4 is 11.3 Å². The van der Waals surface area contributed by atoms with E-state index in [-0.39, 0.29) is 0 Å². The third-order valence-corrected chi connectivity index (χ3v) is 2.01. The lowest BCUT2D eigenvalue weighted by molar-refractivity contribution is -0.871. The fourth-order valence-corrected chi connectivity index (χ4v) is 1.37. The molecule has 0 amide bonds. The van der Waals surface area contributed by atoms with Crippen LogP contribution in [-0.4, -0.2) is 0 Å². The molecule has 1 aromatic carbocycles. The molecule has 0 bridgehead atoms. The topological polar surface area (TPSA) is 13.1 Å². The molecule has 2 aromatic rings. The minimum Gasteiger partial charge on any atom is -0.231 e. The van der Waals surface area contributed by atoms with Crippen molar-refractivity contribution in [3.8, 4) is 5.75 Å². The molecule has 2 nitrogen and oxygen atoms in total. The first-order chi connectivity index (χ1) is 5.95. The first-order valence-electron chi connectivity index (χ1n) is 3.62. The lowest BCUT2D eigenvalue weighted by atomic mass is 10.3. The Hall–Kier alpha value is -1.35. The highest BCUT2D eigenvalue weighted by molar-refractivity contribution is 7.07. The van der Waals surface area contributed by atoms with E-state index in [1.54, 1.807) is 16.1 Å². The van der Waals surface area contributed by atoms with Crippen LogP contribution in [0.1, 0.15) is 0 Å². The minimum absolute atomic E-state index is 0.848. The average molecular weight is 178 g/mol. The molecule has 0 spiro atoms. The van der Waals surface area contributed by atoms with Crippen LogP contribution >= 0.6 is 11.3 Å². The molecule has 0 aliphatic rings. The maximum atomic E-state index is 5.45. The van der Waals surface area contributed by atoms with E-state index in [9.17, 15) is 0 Å². The molecule has 1 aromatic heterocycles. The molecule has 0 aliphatic heterocycles. The third-order valence-electron chi connectivity index (χ3n) is 1.41. The standard InChI is InChI=1S/C9H8NOS/c1-2-4-9(5-3-1)11-10-6-7-12-8-10/h1-8H/q+1. The summed E-state index contributed by atoms with van der Waals surface area (Å²) >= 11 is 1.60. The summed E-state index contributed by atoms with van der Waals surface area (Å²) in [6.07, 6.45) is 1.87. The zero-order valence-electron chi connectivity index (χ0n) is 6.38. The van der Waals surface area contributed by atoms with Gasteiger partial charge in [-0.1, -0.05) is 29.5 Å². The van der Waals surface area contributed by atoms with Crippen molar-refractivity contribution < 1.29 is 9.57 Å². The summed E-state index contributed by atoms with van der Waals surface area (Å²) in [5, 5.41) is 1.96. The zero-order valence-corrected chi connectivity index (χ0v) is 7.20. The van der Waals surface area contributed by atoms with Crippen molar-refractivity contribution in [1.82, 2.24) is 0 Å². The summed E-state index contributed by atoms with van der Waals surface area (Å²) in [5.41, 5.74) is 1.90. The molecule has 0 saturated heterocycles. The van der Waals surface area contributed by atoms with E-state index >= 15 is 0 Å². The van der Waals surface area contributed by atoms with Crippen LogP contribution < -0.4 is 9.57 Å². The normalized spacial score (nSPS) is 9.67. The average Bonchev–Trinajstić information content (AvgIpc) is 2.59. The molecule has 2 rings (SSSR count). The number of aromatic nitrogens is 1. The SMILES string of the molecule is c1ccc(O[n+]2ccsc2)cc1. The summed E-state index contributed by atoms with van der Waals surface area (Å²) in [6.45, 7) is 0. The van der Waals surface area contributed by atoms with Gasteiger partial charge in [0.2, 0.25) is 11.9 Å². The molecule has 0 unspecified atom stereocenters. The highest BCUT2D eigenvalue weighted by atomic mass is 32.1. The zero-order chi connectivity index (χ0) is 8.23. The molecular weight excluding hydrogens is 170 g/mol. The molecule has 0 fully saturated rings. The van der Waals surface area contributed by atoms with Crippen molar-refractivity contribution in [1.29, 1.82) is 0 Å². The lowest BCUT2D eigenvalue weighted by Crippen LogP contribution is -2.36. The highest BCUT2D eigenvalue weighted by Gasteiger charge is 2.01. The molecule has 12 heavy (non-hydrogen) atoms. The van der Waals surface area contributed by atoms with Crippen LogP contribution in [0.15, 0.2) is 47.4 Å². The van der Waals surface area contributed by atoms with Crippen LogP contribution in [0.4, 0.5) is 0 Å². The first kappa shape index (κ1) is 7.31. The van der Waals surface area contributed by atoms with E-state index in [2.05, 4.69) is 0 Å². The monoisotopic (exact) mass is 178 g/mol. The number of hydrogen-bond acceptors (Lipinski definition) is 2. The summed E-state index contributed by atoms with van der Waals surface area (Å²) < 4.78 is 1.68. The van der Waals surface area contributed by atoms with Gasteiger partial charge < -0.3 is 0 Å². The van der Waals surface area contributed by atoms with E-state index < -0.39 is 0 Å². The van der Waals surface area contributed by atoms with E-state index in [0.717, 1.165) is 5.75 Å². The van der Waals surface area contributed by atoms with E-state index in [0.29, 0.717) is 0 Å². The number of rotatable bonds is 2. The largest absolute Gasteiger partial charge is 0.277 e. The molecule has 0 N–H and O–H groups in total. The van der Waals surface area contributed by atoms with Crippen LogP contribution in [0.25, 0.3) is 0 Å². The van der Waals surface area contributed by atoms with Crippen molar-refractivity contribution in [3.05, 3.63) is 47.4 Å². The Morgan fingerprint density at radius 2 is 2.00 bits per heavy atom. The third kappa shape index (κ3) is 1.62. The smallest absolute Gasteiger partial charge is 0.231 e. The second kappa shape index (κ2) is 3.36. The highest BCUT2D eigenvalue weighted by Crippen LogP contribution is 2.06. The van der Waals surface area contributed by atoms with Gasteiger partial charge in [-0.05, 0) is 12.1 Å². The predicted octanol–water partition coefficient (Wildman–Crippen LogP) is 1.88. The van der Waals surface area contributed by atoms with Crippen LogP contribution in [0, 0.1) is 0 Å². The van der Waals surface area contributed by atoms with E-state index in [1.807, 2.05) is 47.4 Å². The van der Waals surface area contributed by atoms with Gasteiger partial charge in [-0.3, -0.25) is 0 Å². The Labute approximate surface area is 74.6 Å². The molecular formula is C9H8NOS+. The van der Waals surface area contributed by atoms with Gasteiger partial charge in [-0.25, -0.2) is 4.84 Å². The molecule has 0 saturated carbocycles. The number of para-hydroxylation sites is 1. The van der Waals surface area contributed by atoms with Gasteiger partial charge in [0.05, 0.1) is 5.38 Å². The van der Waals surface area contributed by atoms with Gasteiger partial charge in [0, 0.05) is 4.73 Å². The molecule has 0 radical (unpaired) electrons. The predicted molar refractivity (Wildman–Crippen MR) is 47.0 cm³/mol. The van der Waals surface area contributed by atoms with E-state index in [1.165, 1.54) is 0 Å². The number of hydrogen-bond donors (Lipinski definition) is 0. The second-order valence-corrected chi connectivity index (χ2v) is 3.05. The van der Waals surface area contributed by atoms with Crippen LogP contribution in [0.3, 0.4) is 0 Å². The summed E-state index contributed by atoms with van der Waals surface area (Å²) in [7, 11) is 0. The van der Waals surface area contributed by atoms with Gasteiger partial charge in [0.15, 0.2) is 0 Å². The van der Waals surface area contributed by atoms with Crippen LogP contribution in [0.5, 0.6) is 5.75 Å². The number of nitrogens with zero attached hydrogens (tertiary/aromatic N) is 1.